The average molecular weight is 749 g/mol. The number of hydrogen-bond acceptors (Lipinski definition) is 3. The van der Waals surface area contributed by atoms with Gasteiger partial charge in [-0.25, -0.2) is 4.79 Å². The third-order valence-electron chi connectivity index (χ3n) is 11.7. The van der Waals surface area contributed by atoms with Crippen molar-refractivity contribution < 1.29 is 9.53 Å². The van der Waals surface area contributed by atoms with Gasteiger partial charge in [-0.05, 0) is 123 Å². The SMILES string of the molecule is C=CC(=O)Oc1ccc2c(c1)c1cc(-c3ccc(N(c4ccc(-c5ccccc5)cc4)c4ccc5c(c4)C(C)(C)c4ccccc4-5)cc3)ccc1n2-c1ccccc1. The number of aromatic nitrogens is 1. The van der Waals surface area contributed by atoms with Crippen LogP contribution in [0.25, 0.3) is 60.9 Å². The normalized spacial score (nSPS) is 12.6. The second-order valence-electron chi connectivity index (χ2n) is 15.4. The highest BCUT2D eigenvalue weighted by atomic mass is 16.5. The number of nitrogens with zero attached hydrogens (tertiary/aromatic N) is 2. The van der Waals surface area contributed by atoms with Crippen LogP contribution in [0, 0.1) is 0 Å². The molecule has 1 aliphatic rings. The highest BCUT2D eigenvalue weighted by molar-refractivity contribution is 6.11. The number of benzene rings is 8. The molecule has 0 N–H and O–H groups in total. The molecule has 0 saturated heterocycles. The standard InChI is InChI=1S/C54H40N2O2/c1-4-53(57)58-44-29-32-52-48(35-44)47-33-39(23-31-51(47)56(52)40-15-9-6-10-16-40)38-21-26-42(27-22-38)55(41-24-19-37(20-25-41)36-13-7-5-8-14-36)43-28-30-46-45-17-11-12-18-49(45)54(2,3)50(46)34-43/h4-35H,1H2,2-3H3. The summed E-state index contributed by atoms with van der Waals surface area (Å²) < 4.78 is 7.83. The van der Waals surface area contributed by atoms with E-state index < -0.39 is 5.97 Å². The predicted octanol–water partition coefficient (Wildman–Crippen LogP) is 14.0. The van der Waals surface area contributed by atoms with E-state index in [-0.39, 0.29) is 5.41 Å². The maximum Gasteiger partial charge on any atom is 0.335 e. The van der Waals surface area contributed by atoms with Crippen molar-refractivity contribution in [2.75, 3.05) is 4.90 Å². The molecule has 0 aliphatic heterocycles. The Morgan fingerprint density at radius 3 is 1.76 bits per heavy atom. The fourth-order valence-electron chi connectivity index (χ4n) is 8.77. The van der Waals surface area contributed by atoms with Gasteiger partial charge in [0.05, 0.1) is 11.0 Å². The fourth-order valence-corrected chi connectivity index (χ4v) is 8.77. The van der Waals surface area contributed by atoms with Gasteiger partial charge in [0.25, 0.3) is 0 Å². The van der Waals surface area contributed by atoms with Crippen molar-refractivity contribution in [2.24, 2.45) is 0 Å². The molecule has 0 radical (unpaired) electrons. The number of carbonyl (C=O) groups excluding carboxylic acids is 1. The van der Waals surface area contributed by atoms with Gasteiger partial charge >= 0.3 is 5.97 Å². The zero-order chi connectivity index (χ0) is 39.4. The minimum Gasteiger partial charge on any atom is -0.423 e. The van der Waals surface area contributed by atoms with Crippen molar-refractivity contribution in [2.45, 2.75) is 19.3 Å². The first-order valence-electron chi connectivity index (χ1n) is 19.7. The Balaban J connectivity index is 1.07. The molecule has 9 aromatic rings. The Hall–Kier alpha value is -7.43. The lowest BCUT2D eigenvalue weighted by Crippen LogP contribution is -2.16. The van der Waals surface area contributed by atoms with Crippen LogP contribution in [0.3, 0.4) is 0 Å². The topological polar surface area (TPSA) is 34.5 Å². The number of esters is 1. The second kappa shape index (κ2) is 13.9. The predicted molar refractivity (Wildman–Crippen MR) is 240 cm³/mol. The summed E-state index contributed by atoms with van der Waals surface area (Å²) in [6.45, 7) is 8.23. The zero-order valence-electron chi connectivity index (χ0n) is 32.4. The number of ether oxygens (including phenoxy) is 1. The average Bonchev–Trinajstić information content (AvgIpc) is 3.72. The van der Waals surface area contributed by atoms with Crippen LogP contribution in [0.5, 0.6) is 5.75 Å². The summed E-state index contributed by atoms with van der Waals surface area (Å²) in [6, 6.07) is 66.7. The molecule has 58 heavy (non-hydrogen) atoms. The monoisotopic (exact) mass is 748 g/mol. The lowest BCUT2D eigenvalue weighted by molar-refractivity contribution is -0.128. The molecule has 4 heteroatoms. The summed E-state index contributed by atoms with van der Waals surface area (Å²) in [5.74, 6) is -0.00298. The minimum atomic E-state index is -0.484. The van der Waals surface area contributed by atoms with Gasteiger partial charge in [-0.15, -0.1) is 0 Å². The van der Waals surface area contributed by atoms with E-state index in [2.05, 4.69) is 182 Å². The highest BCUT2D eigenvalue weighted by Crippen LogP contribution is 2.50. The molecular weight excluding hydrogens is 709 g/mol. The summed E-state index contributed by atoms with van der Waals surface area (Å²) in [4.78, 5) is 14.5. The van der Waals surface area contributed by atoms with E-state index in [0.717, 1.165) is 55.7 Å². The Morgan fingerprint density at radius 2 is 1.07 bits per heavy atom. The molecule has 1 aromatic heterocycles. The summed E-state index contributed by atoms with van der Waals surface area (Å²) in [5, 5.41) is 2.07. The molecule has 278 valence electrons. The van der Waals surface area contributed by atoms with Crippen LogP contribution < -0.4 is 9.64 Å². The first-order valence-corrected chi connectivity index (χ1v) is 19.7. The highest BCUT2D eigenvalue weighted by Gasteiger charge is 2.35. The molecule has 0 fully saturated rings. The van der Waals surface area contributed by atoms with Gasteiger partial charge in [-0.3, -0.25) is 0 Å². The van der Waals surface area contributed by atoms with E-state index in [0.29, 0.717) is 5.75 Å². The largest absolute Gasteiger partial charge is 0.423 e. The maximum atomic E-state index is 12.2. The van der Waals surface area contributed by atoms with Gasteiger partial charge in [0.1, 0.15) is 5.75 Å². The van der Waals surface area contributed by atoms with E-state index in [9.17, 15) is 4.79 Å². The summed E-state index contributed by atoms with van der Waals surface area (Å²) in [7, 11) is 0. The van der Waals surface area contributed by atoms with Gasteiger partial charge in [-0.2, -0.15) is 0 Å². The summed E-state index contributed by atoms with van der Waals surface area (Å²) in [6.07, 6.45) is 1.18. The first-order chi connectivity index (χ1) is 28.4. The molecule has 0 bridgehead atoms. The van der Waals surface area contributed by atoms with Crippen molar-refractivity contribution in [3.63, 3.8) is 0 Å². The van der Waals surface area contributed by atoms with E-state index in [1.807, 2.05) is 36.4 Å². The Labute approximate surface area is 338 Å². The molecule has 4 nitrogen and oxygen atoms in total. The number of anilines is 3. The van der Waals surface area contributed by atoms with Crippen LogP contribution in [0.4, 0.5) is 17.1 Å². The van der Waals surface area contributed by atoms with Gasteiger partial charge in [0, 0.05) is 45.0 Å². The lowest BCUT2D eigenvalue weighted by atomic mass is 9.82. The molecule has 0 spiro atoms. The van der Waals surface area contributed by atoms with Gasteiger partial charge < -0.3 is 14.2 Å². The van der Waals surface area contributed by atoms with Gasteiger partial charge in [-0.1, -0.05) is 130 Å². The number of carbonyl (C=O) groups is 1. The summed E-state index contributed by atoms with van der Waals surface area (Å²) >= 11 is 0. The number of rotatable bonds is 8. The zero-order valence-corrected chi connectivity index (χ0v) is 32.4. The number of fused-ring (bicyclic) bond motifs is 6. The molecule has 0 amide bonds. The molecule has 0 unspecified atom stereocenters. The summed E-state index contributed by atoms with van der Waals surface area (Å²) in [5.41, 5.74) is 16.2. The molecule has 1 aliphatic carbocycles. The van der Waals surface area contributed by atoms with Crippen LogP contribution in [0.1, 0.15) is 25.0 Å². The van der Waals surface area contributed by atoms with Crippen LogP contribution >= 0.6 is 0 Å². The van der Waals surface area contributed by atoms with E-state index >= 15 is 0 Å². The molecule has 1 heterocycles. The molecule has 0 saturated carbocycles. The van der Waals surface area contributed by atoms with E-state index in [1.165, 1.54) is 39.5 Å². The molecular formula is C54H40N2O2. The lowest BCUT2D eigenvalue weighted by Gasteiger charge is -2.28. The first kappa shape index (κ1) is 35.0. The minimum absolute atomic E-state index is 0.120. The maximum absolute atomic E-state index is 12.2. The number of hydrogen-bond donors (Lipinski definition) is 0. The smallest absolute Gasteiger partial charge is 0.335 e. The third-order valence-corrected chi connectivity index (χ3v) is 11.7. The molecule has 10 rings (SSSR count). The third kappa shape index (κ3) is 5.89. The van der Waals surface area contributed by atoms with Crippen molar-refractivity contribution in [1.82, 2.24) is 4.57 Å². The van der Waals surface area contributed by atoms with Crippen molar-refractivity contribution in [3.8, 4) is 44.8 Å². The van der Waals surface area contributed by atoms with Gasteiger partial charge in [0.15, 0.2) is 0 Å². The Kier molecular flexibility index (Phi) is 8.42. The quantitative estimate of drug-likeness (QED) is 0.0882. The second-order valence-corrected chi connectivity index (χ2v) is 15.4. The van der Waals surface area contributed by atoms with Crippen LogP contribution in [-0.2, 0) is 10.2 Å². The van der Waals surface area contributed by atoms with E-state index in [4.69, 9.17) is 4.74 Å². The van der Waals surface area contributed by atoms with Crippen molar-refractivity contribution in [1.29, 1.82) is 0 Å². The van der Waals surface area contributed by atoms with Crippen LogP contribution in [-0.4, -0.2) is 10.5 Å². The van der Waals surface area contributed by atoms with Crippen molar-refractivity contribution in [3.05, 3.63) is 212 Å². The molecule has 0 atom stereocenters. The van der Waals surface area contributed by atoms with Crippen molar-refractivity contribution >= 4 is 44.8 Å². The van der Waals surface area contributed by atoms with Crippen LogP contribution in [0.2, 0.25) is 0 Å². The van der Waals surface area contributed by atoms with Crippen LogP contribution in [0.15, 0.2) is 201 Å². The Bertz CT molecular complexity index is 3010. The fraction of sp³-hybridized carbons (Fsp3) is 0.0556. The Morgan fingerprint density at radius 1 is 0.534 bits per heavy atom. The number of para-hydroxylation sites is 1. The van der Waals surface area contributed by atoms with Gasteiger partial charge in [0.2, 0.25) is 0 Å². The molecule has 8 aromatic carbocycles. The van der Waals surface area contributed by atoms with E-state index in [1.54, 1.807) is 0 Å².